The van der Waals surface area contributed by atoms with E-state index in [1.165, 1.54) is 18.1 Å². The van der Waals surface area contributed by atoms with Crippen molar-refractivity contribution in [2.24, 2.45) is 0 Å². The van der Waals surface area contributed by atoms with Crippen LogP contribution in [0.15, 0.2) is 47.1 Å². The SMILES string of the molecule is CC(Sc1ncnc2ccsc12)C(=O)NCc1ccc(Cl)cc1. The average Bonchev–Trinajstić information content (AvgIpc) is 3.03. The summed E-state index contributed by atoms with van der Waals surface area (Å²) in [6, 6.07) is 9.39. The number of aromatic nitrogens is 2. The van der Waals surface area contributed by atoms with Gasteiger partial charge in [-0.1, -0.05) is 35.5 Å². The van der Waals surface area contributed by atoms with Crippen molar-refractivity contribution in [2.75, 3.05) is 0 Å². The van der Waals surface area contributed by atoms with E-state index in [0.29, 0.717) is 11.6 Å². The predicted octanol–water partition coefficient (Wildman–Crippen LogP) is 4.14. The molecule has 0 bridgehead atoms. The molecular formula is C16H14ClN3OS2. The van der Waals surface area contributed by atoms with Crippen LogP contribution in [0.1, 0.15) is 12.5 Å². The second-order valence-electron chi connectivity index (χ2n) is 4.92. The van der Waals surface area contributed by atoms with Crippen LogP contribution in [0.4, 0.5) is 0 Å². The minimum absolute atomic E-state index is 0.0201. The Kier molecular flexibility index (Phi) is 5.15. The second kappa shape index (κ2) is 7.29. The van der Waals surface area contributed by atoms with Crippen molar-refractivity contribution in [1.82, 2.24) is 15.3 Å². The number of hydrogen-bond acceptors (Lipinski definition) is 5. The van der Waals surface area contributed by atoms with Crippen molar-refractivity contribution in [3.63, 3.8) is 0 Å². The first-order chi connectivity index (χ1) is 11.1. The molecule has 4 nitrogen and oxygen atoms in total. The van der Waals surface area contributed by atoms with Crippen molar-refractivity contribution in [1.29, 1.82) is 0 Å². The molecule has 0 saturated heterocycles. The summed E-state index contributed by atoms with van der Waals surface area (Å²) < 4.78 is 1.02. The first-order valence-corrected chi connectivity index (χ1v) is 9.14. The lowest BCUT2D eigenvalue weighted by Crippen LogP contribution is -2.30. The summed E-state index contributed by atoms with van der Waals surface area (Å²) in [5.41, 5.74) is 1.93. The van der Waals surface area contributed by atoms with Gasteiger partial charge in [0.2, 0.25) is 5.91 Å². The van der Waals surface area contributed by atoms with Gasteiger partial charge in [0.25, 0.3) is 0 Å². The number of halogens is 1. The van der Waals surface area contributed by atoms with E-state index >= 15 is 0 Å². The Morgan fingerprint density at radius 3 is 2.87 bits per heavy atom. The minimum Gasteiger partial charge on any atom is -0.351 e. The summed E-state index contributed by atoms with van der Waals surface area (Å²) in [5.74, 6) is -0.0201. The summed E-state index contributed by atoms with van der Waals surface area (Å²) in [5, 5.41) is 6.22. The number of nitrogens with one attached hydrogen (secondary N) is 1. The maximum atomic E-state index is 12.3. The summed E-state index contributed by atoms with van der Waals surface area (Å²) >= 11 is 8.89. The molecular weight excluding hydrogens is 350 g/mol. The number of nitrogens with zero attached hydrogens (tertiary/aromatic N) is 2. The summed E-state index contributed by atoms with van der Waals surface area (Å²) in [7, 11) is 0. The Morgan fingerprint density at radius 1 is 1.30 bits per heavy atom. The molecule has 3 aromatic rings. The van der Waals surface area contributed by atoms with E-state index in [2.05, 4.69) is 15.3 Å². The van der Waals surface area contributed by atoms with Gasteiger partial charge >= 0.3 is 0 Å². The third-order valence-corrected chi connectivity index (χ3v) is 5.64. The number of fused-ring (bicyclic) bond motifs is 1. The monoisotopic (exact) mass is 363 g/mol. The van der Waals surface area contributed by atoms with E-state index in [4.69, 9.17) is 11.6 Å². The molecule has 1 aromatic carbocycles. The molecule has 118 valence electrons. The zero-order valence-corrected chi connectivity index (χ0v) is 14.7. The molecule has 0 aliphatic carbocycles. The van der Waals surface area contributed by atoms with Crippen LogP contribution in [0.5, 0.6) is 0 Å². The highest BCUT2D eigenvalue weighted by Crippen LogP contribution is 2.31. The number of carbonyl (C=O) groups is 1. The Labute approximate surface area is 147 Å². The van der Waals surface area contributed by atoms with Crippen LogP contribution < -0.4 is 5.32 Å². The van der Waals surface area contributed by atoms with Gasteiger partial charge in [-0.05, 0) is 36.1 Å². The van der Waals surface area contributed by atoms with E-state index in [0.717, 1.165) is 20.8 Å². The fraction of sp³-hybridized carbons (Fsp3) is 0.188. The van der Waals surface area contributed by atoms with Crippen molar-refractivity contribution < 1.29 is 4.79 Å². The normalized spacial score (nSPS) is 12.3. The van der Waals surface area contributed by atoms with Crippen LogP contribution in [0.25, 0.3) is 10.2 Å². The molecule has 0 radical (unpaired) electrons. The molecule has 2 aromatic heterocycles. The second-order valence-corrected chi connectivity index (χ2v) is 7.60. The number of thioether (sulfide) groups is 1. The molecule has 23 heavy (non-hydrogen) atoms. The summed E-state index contributed by atoms with van der Waals surface area (Å²) in [6.07, 6.45) is 1.54. The number of amides is 1. The highest BCUT2D eigenvalue weighted by molar-refractivity contribution is 8.00. The number of carbonyl (C=O) groups excluding carboxylic acids is 1. The number of benzene rings is 1. The molecule has 0 aliphatic heterocycles. The number of rotatable bonds is 5. The molecule has 0 aliphatic rings. The lowest BCUT2D eigenvalue weighted by molar-refractivity contribution is -0.120. The predicted molar refractivity (Wildman–Crippen MR) is 96.0 cm³/mol. The first-order valence-electron chi connectivity index (χ1n) is 7.00. The van der Waals surface area contributed by atoms with Gasteiger partial charge in [-0.3, -0.25) is 4.79 Å². The highest BCUT2D eigenvalue weighted by Gasteiger charge is 2.17. The van der Waals surface area contributed by atoms with Gasteiger partial charge in [-0.25, -0.2) is 9.97 Å². The lowest BCUT2D eigenvalue weighted by Gasteiger charge is -2.12. The average molecular weight is 364 g/mol. The third-order valence-electron chi connectivity index (χ3n) is 3.25. The Balaban J connectivity index is 1.61. The van der Waals surface area contributed by atoms with Crippen LogP contribution in [-0.2, 0) is 11.3 Å². The summed E-state index contributed by atoms with van der Waals surface area (Å²) in [4.78, 5) is 20.8. The lowest BCUT2D eigenvalue weighted by atomic mass is 10.2. The third kappa shape index (κ3) is 4.02. The fourth-order valence-electron chi connectivity index (χ4n) is 2.01. The Morgan fingerprint density at radius 2 is 2.09 bits per heavy atom. The number of hydrogen-bond donors (Lipinski definition) is 1. The number of thiophene rings is 1. The summed E-state index contributed by atoms with van der Waals surface area (Å²) in [6.45, 7) is 2.36. The van der Waals surface area contributed by atoms with Gasteiger partial charge in [0, 0.05) is 11.6 Å². The van der Waals surface area contributed by atoms with Gasteiger partial charge in [-0.2, -0.15) is 0 Å². The quantitative estimate of drug-likeness (QED) is 0.546. The topological polar surface area (TPSA) is 54.9 Å². The molecule has 1 unspecified atom stereocenters. The van der Waals surface area contributed by atoms with Crippen LogP contribution in [0.3, 0.4) is 0 Å². The Bertz CT molecular complexity index is 820. The smallest absolute Gasteiger partial charge is 0.233 e. The first kappa shape index (κ1) is 16.2. The molecule has 0 saturated carbocycles. The van der Waals surface area contributed by atoms with E-state index in [9.17, 15) is 4.79 Å². The zero-order valence-electron chi connectivity index (χ0n) is 12.3. The maximum absolute atomic E-state index is 12.3. The fourth-order valence-corrected chi connectivity index (χ4v) is 3.99. The van der Waals surface area contributed by atoms with Gasteiger partial charge in [-0.15, -0.1) is 11.3 Å². The van der Waals surface area contributed by atoms with Crippen LogP contribution in [0, 0.1) is 0 Å². The van der Waals surface area contributed by atoms with E-state index in [-0.39, 0.29) is 11.2 Å². The largest absolute Gasteiger partial charge is 0.351 e. The van der Waals surface area contributed by atoms with Crippen LogP contribution >= 0.6 is 34.7 Å². The molecule has 3 rings (SSSR count). The van der Waals surface area contributed by atoms with Crippen molar-refractivity contribution in [3.05, 3.63) is 52.6 Å². The van der Waals surface area contributed by atoms with E-state index in [1.54, 1.807) is 11.3 Å². The van der Waals surface area contributed by atoms with Gasteiger partial charge in [0.1, 0.15) is 11.4 Å². The molecule has 7 heteroatoms. The maximum Gasteiger partial charge on any atom is 0.233 e. The van der Waals surface area contributed by atoms with Gasteiger partial charge in [0.15, 0.2) is 0 Å². The van der Waals surface area contributed by atoms with Crippen molar-refractivity contribution in [3.8, 4) is 0 Å². The van der Waals surface area contributed by atoms with Crippen molar-refractivity contribution >= 4 is 50.8 Å². The van der Waals surface area contributed by atoms with E-state index < -0.39 is 0 Å². The van der Waals surface area contributed by atoms with Crippen LogP contribution in [-0.4, -0.2) is 21.1 Å². The zero-order chi connectivity index (χ0) is 16.2. The van der Waals surface area contributed by atoms with Gasteiger partial charge in [0.05, 0.1) is 15.5 Å². The highest BCUT2D eigenvalue weighted by atomic mass is 35.5. The molecule has 1 atom stereocenters. The van der Waals surface area contributed by atoms with Crippen LogP contribution in [0.2, 0.25) is 5.02 Å². The standard InChI is InChI=1S/C16H14ClN3OS2/c1-10(15(21)18-8-11-2-4-12(17)5-3-11)23-16-14-13(6-7-22-14)19-9-20-16/h2-7,9-10H,8H2,1H3,(H,18,21). The molecule has 2 heterocycles. The Hall–Kier alpha value is -1.63. The molecule has 1 N–H and O–H groups in total. The molecule has 0 fully saturated rings. The molecule has 0 spiro atoms. The van der Waals surface area contributed by atoms with E-state index in [1.807, 2.05) is 42.6 Å². The van der Waals surface area contributed by atoms with Gasteiger partial charge < -0.3 is 5.32 Å². The molecule has 1 amide bonds. The van der Waals surface area contributed by atoms with Crippen molar-refractivity contribution in [2.45, 2.75) is 23.7 Å². The minimum atomic E-state index is -0.234.